The average Bonchev–Trinajstić information content (AvgIpc) is 3.20. The summed E-state index contributed by atoms with van der Waals surface area (Å²) in [5.41, 5.74) is 1.49. The zero-order valence-electron chi connectivity index (χ0n) is 19.5. The Labute approximate surface area is 213 Å². The Morgan fingerprint density at radius 3 is 2.71 bits per heavy atom. The number of halogens is 1. The van der Waals surface area contributed by atoms with Gasteiger partial charge < -0.3 is 19.9 Å². The number of rotatable bonds is 8. The molecule has 1 saturated heterocycles. The molecule has 1 unspecified atom stereocenters. The van der Waals surface area contributed by atoms with Crippen LogP contribution < -0.4 is 14.8 Å². The second-order valence-corrected chi connectivity index (χ2v) is 11.4. The fourth-order valence-electron chi connectivity index (χ4n) is 3.94. The SMILES string of the molecule is COc1ncc(-c2sc(NC(C)C3CCOCC3)nc2C)cc1S(=O)(=O)Nc1ccc(O)cc1Cl. The molecule has 4 rings (SSSR count). The summed E-state index contributed by atoms with van der Waals surface area (Å²) in [7, 11) is -2.75. The predicted molar refractivity (Wildman–Crippen MR) is 137 cm³/mol. The monoisotopic (exact) mass is 538 g/mol. The molecule has 9 nitrogen and oxygen atoms in total. The molecule has 2 aromatic heterocycles. The first-order chi connectivity index (χ1) is 16.7. The van der Waals surface area contributed by atoms with Gasteiger partial charge in [-0.3, -0.25) is 4.72 Å². The smallest absolute Gasteiger partial charge is 0.267 e. The molecule has 35 heavy (non-hydrogen) atoms. The predicted octanol–water partition coefficient (Wildman–Crippen LogP) is 4.91. The first kappa shape index (κ1) is 25.5. The molecule has 0 aliphatic carbocycles. The molecule has 1 fully saturated rings. The number of phenolic OH excluding ortho intramolecular Hbond substituents is 1. The van der Waals surface area contributed by atoms with Crippen molar-refractivity contribution < 1.29 is 23.0 Å². The number of aromatic hydroxyl groups is 1. The van der Waals surface area contributed by atoms with Crippen molar-refractivity contribution in [3.63, 3.8) is 0 Å². The second kappa shape index (κ2) is 10.6. The summed E-state index contributed by atoms with van der Waals surface area (Å²) in [6.07, 6.45) is 3.58. The number of sulfonamides is 1. The van der Waals surface area contributed by atoms with E-state index < -0.39 is 10.0 Å². The summed E-state index contributed by atoms with van der Waals surface area (Å²) in [5.74, 6) is 0.383. The molecule has 3 aromatic rings. The van der Waals surface area contributed by atoms with Gasteiger partial charge in [-0.2, -0.15) is 0 Å². The second-order valence-electron chi connectivity index (χ2n) is 8.32. The summed E-state index contributed by atoms with van der Waals surface area (Å²) < 4.78 is 39.6. The molecular formula is C23H27ClN4O5S2. The Balaban J connectivity index is 1.62. The lowest BCUT2D eigenvalue weighted by atomic mass is 9.93. The number of hydrogen-bond acceptors (Lipinski definition) is 9. The van der Waals surface area contributed by atoms with Crippen LogP contribution in [0, 0.1) is 12.8 Å². The number of nitrogens with zero attached hydrogens (tertiary/aromatic N) is 2. The number of thiazole rings is 1. The van der Waals surface area contributed by atoms with Gasteiger partial charge in [0.25, 0.3) is 10.0 Å². The van der Waals surface area contributed by atoms with Gasteiger partial charge in [0.05, 0.1) is 28.4 Å². The number of nitrogens with one attached hydrogen (secondary N) is 2. The van der Waals surface area contributed by atoms with Gasteiger partial charge in [0.1, 0.15) is 10.6 Å². The lowest BCUT2D eigenvalue weighted by molar-refractivity contribution is 0.0622. The lowest BCUT2D eigenvalue weighted by Gasteiger charge is -2.28. The van der Waals surface area contributed by atoms with Gasteiger partial charge in [0.15, 0.2) is 5.13 Å². The quantitative estimate of drug-likeness (QED) is 0.346. The van der Waals surface area contributed by atoms with Crippen molar-refractivity contribution in [1.82, 2.24) is 9.97 Å². The van der Waals surface area contributed by atoms with Crippen molar-refractivity contribution >= 4 is 43.8 Å². The van der Waals surface area contributed by atoms with E-state index in [0.717, 1.165) is 41.8 Å². The molecular weight excluding hydrogens is 512 g/mol. The van der Waals surface area contributed by atoms with Gasteiger partial charge in [-0.05, 0) is 50.8 Å². The zero-order chi connectivity index (χ0) is 25.2. The number of benzene rings is 1. The van der Waals surface area contributed by atoms with Crippen molar-refractivity contribution in [2.75, 3.05) is 30.4 Å². The third-order valence-electron chi connectivity index (χ3n) is 5.88. The van der Waals surface area contributed by atoms with E-state index >= 15 is 0 Å². The molecule has 12 heteroatoms. The van der Waals surface area contributed by atoms with Gasteiger partial charge >= 0.3 is 0 Å². The highest BCUT2D eigenvalue weighted by Crippen LogP contribution is 2.37. The van der Waals surface area contributed by atoms with Crippen LogP contribution in [0.1, 0.15) is 25.5 Å². The van der Waals surface area contributed by atoms with Crippen molar-refractivity contribution in [1.29, 1.82) is 0 Å². The number of aryl methyl sites for hydroxylation is 1. The molecule has 0 saturated carbocycles. The Hall–Kier alpha value is -2.60. The maximum absolute atomic E-state index is 13.2. The van der Waals surface area contributed by atoms with Gasteiger partial charge in [-0.1, -0.05) is 22.9 Å². The molecule has 0 amide bonds. The Morgan fingerprint density at radius 2 is 2.03 bits per heavy atom. The summed E-state index contributed by atoms with van der Waals surface area (Å²) in [6.45, 7) is 5.57. The van der Waals surface area contributed by atoms with Gasteiger partial charge in [0, 0.05) is 37.1 Å². The minimum atomic E-state index is -4.11. The van der Waals surface area contributed by atoms with E-state index in [1.54, 1.807) is 6.20 Å². The van der Waals surface area contributed by atoms with E-state index in [-0.39, 0.29) is 33.3 Å². The van der Waals surface area contributed by atoms with E-state index in [4.69, 9.17) is 21.1 Å². The Morgan fingerprint density at radius 1 is 1.29 bits per heavy atom. The first-order valence-corrected chi connectivity index (χ1v) is 13.7. The number of phenols is 1. The highest BCUT2D eigenvalue weighted by Gasteiger charge is 2.25. The van der Waals surface area contributed by atoms with Crippen LogP contribution in [0.25, 0.3) is 10.4 Å². The molecule has 1 aliphatic rings. The van der Waals surface area contributed by atoms with Crippen LogP contribution in [0.3, 0.4) is 0 Å². The van der Waals surface area contributed by atoms with E-state index in [2.05, 4.69) is 26.9 Å². The minimum Gasteiger partial charge on any atom is -0.508 e. The molecule has 3 N–H and O–H groups in total. The average molecular weight is 539 g/mol. The summed E-state index contributed by atoms with van der Waals surface area (Å²) in [6, 6.07) is 5.72. The fraction of sp³-hybridized carbons (Fsp3) is 0.391. The van der Waals surface area contributed by atoms with Crippen LogP contribution >= 0.6 is 22.9 Å². The first-order valence-electron chi connectivity index (χ1n) is 11.1. The van der Waals surface area contributed by atoms with E-state index in [1.807, 2.05) is 6.92 Å². The maximum Gasteiger partial charge on any atom is 0.267 e. The van der Waals surface area contributed by atoms with Gasteiger partial charge in [-0.25, -0.2) is 18.4 Å². The molecule has 188 valence electrons. The normalized spacial score (nSPS) is 15.5. The van der Waals surface area contributed by atoms with E-state index in [0.29, 0.717) is 11.5 Å². The molecule has 0 spiro atoms. The minimum absolute atomic E-state index is 0.0511. The number of pyridine rings is 1. The third-order valence-corrected chi connectivity index (χ3v) is 8.69. The van der Waals surface area contributed by atoms with Crippen LogP contribution in [-0.4, -0.2) is 49.9 Å². The molecule has 0 radical (unpaired) electrons. The number of anilines is 2. The van der Waals surface area contributed by atoms with E-state index in [9.17, 15) is 13.5 Å². The molecule has 1 aromatic carbocycles. The van der Waals surface area contributed by atoms with Crippen LogP contribution in [-0.2, 0) is 14.8 Å². The van der Waals surface area contributed by atoms with Crippen molar-refractivity contribution in [3.05, 3.63) is 41.2 Å². The highest BCUT2D eigenvalue weighted by atomic mass is 35.5. The standard InChI is InChI=1S/C23H27ClN4O5S2/c1-13(15-6-8-33-9-7-15)26-23-27-14(2)21(34-23)16-10-20(22(32-3)25-12-16)35(30,31)28-19-5-4-17(29)11-18(19)24/h4-5,10-13,15,28-29H,6-9H2,1-3H3,(H,26,27). The van der Waals surface area contributed by atoms with Gasteiger partial charge in [0.2, 0.25) is 5.88 Å². The number of methoxy groups -OCH3 is 1. The number of hydrogen-bond donors (Lipinski definition) is 3. The van der Waals surface area contributed by atoms with Crippen LogP contribution in [0.15, 0.2) is 35.4 Å². The number of aromatic nitrogens is 2. The topological polar surface area (TPSA) is 123 Å². The highest BCUT2D eigenvalue weighted by molar-refractivity contribution is 7.92. The van der Waals surface area contributed by atoms with Crippen molar-refractivity contribution in [2.24, 2.45) is 5.92 Å². The summed E-state index contributed by atoms with van der Waals surface area (Å²) >= 11 is 7.54. The molecule has 0 bridgehead atoms. The molecule has 3 heterocycles. The molecule has 1 aliphatic heterocycles. The van der Waals surface area contributed by atoms with Crippen molar-refractivity contribution in [3.8, 4) is 22.1 Å². The van der Waals surface area contributed by atoms with E-state index in [1.165, 1.54) is 42.7 Å². The van der Waals surface area contributed by atoms with Gasteiger partial charge in [-0.15, -0.1) is 0 Å². The Bertz CT molecular complexity index is 1310. The van der Waals surface area contributed by atoms with Crippen molar-refractivity contribution in [2.45, 2.75) is 37.6 Å². The van der Waals surface area contributed by atoms with Crippen LogP contribution in [0.2, 0.25) is 5.02 Å². The largest absolute Gasteiger partial charge is 0.508 e. The maximum atomic E-state index is 13.2. The third kappa shape index (κ3) is 5.80. The van der Waals surface area contributed by atoms with Crippen LogP contribution in [0.4, 0.5) is 10.8 Å². The Kier molecular flexibility index (Phi) is 7.70. The zero-order valence-corrected chi connectivity index (χ0v) is 21.9. The summed E-state index contributed by atoms with van der Waals surface area (Å²) in [5, 5.41) is 13.9. The number of ether oxygens (including phenoxy) is 2. The van der Waals surface area contributed by atoms with Crippen LogP contribution in [0.5, 0.6) is 11.6 Å². The lowest BCUT2D eigenvalue weighted by Crippen LogP contribution is -2.30. The fourth-order valence-corrected chi connectivity index (χ4v) is 6.49. The summed E-state index contributed by atoms with van der Waals surface area (Å²) in [4.78, 5) is 9.55. The molecule has 1 atom stereocenters.